The molecule has 176 valence electrons. The van der Waals surface area contributed by atoms with E-state index >= 15 is 0 Å². The number of fused-ring (bicyclic) bond motifs is 2. The highest BCUT2D eigenvalue weighted by Gasteiger charge is 2.25. The summed E-state index contributed by atoms with van der Waals surface area (Å²) in [4.78, 5) is 42.4. The molecule has 8 heteroatoms. The molecule has 8 nitrogen and oxygen atoms in total. The minimum Gasteiger partial charge on any atom is -0.464 e. The molecular weight excluding hydrogens is 420 g/mol. The van der Waals surface area contributed by atoms with Gasteiger partial charge in [-0.1, -0.05) is 26.7 Å². The molecule has 2 heterocycles. The zero-order chi connectivity index (χ0) is 23.5. The predicted molar refractivity (Wildman–Crippen MR) is 130 cm³/mol. The van der Waals surface area contributed by atoms with E-state index in [-0.39, 0.29) is 23.8 Å². The van der Waals surface area contributed by atoms with Gasteiger partial charge in [0.2, 0.25) is 5.91 Å². The maximum Gasteiger partial charge on any atom is 0.330 e. The first kappa shape index (κ1) is 22.9. The van der Waals surface area contributed by atoms with Crippen molar-refractivity contribution >= 4 is 28.4 Å². The first-order valence-corrected chi connectivity index (χ1v) is 11.9. The fourth-order valence-corrected chi connectivity index (χ4v) is 4.60. The molecule has 3 aromatic rings. The lowest BCUT2D eigenvalue weighted by Crippen LogP contribution is -2.42. The Morgan fingerprint density at radius 3 is 2.61 bits per heavy atom. The van der Waals surface area contributed by atoms with E-state index in [2.05, 4.69) is 17.1 Å². The predicted octanol–water partition coefficient (Wildman–Crippen LogP) is 3.53. The molecule has 0 aliphatic heterocycles. The Labute approximate surface area is 192 Å². The summed E-state index contributed by atoms with van der Waals surface area (Å²) in [5.41, 5.74) is 9.36. The van der Waals surface area contributed by atoms with Gasteiger partial charge in [-0.05, 0) is 55.4 Å². The molecule has 0 unspecified atom stereocenters. The van der Waals surface area contributed by atoms with Gasteiger partial charge in [0, 0.05) is 24.0 Å². The van der Waals surface area contributed by atoms with E-state index in [9.17, 15) is 14.4 Å². The van der Waals surface area contributed by atoms with Crippen LogP contribution >= 0.6 is 0 Å². The van der Waals surface area contributed by atoms with Crippen LogP contribution in [0, 0.1) is 0 Å². The maximum absolute atomic E-state index is 13.5. The number of furan rings is 1. The van der Waals surface area contributed by atoms with Gasteiger partial charge >= 0.3 is 5.69 Å². The molecule has 0 saturated carbocycles. The Morgan fingerprint density at radius 1 is 1.15 bits per heavy atom. The molecule has 0 fully saturated rings. The summed E-state index contributed by atoms with van der Waals surface area (Å²) < 4.78 is 7.11. The van der Waals surface area contributed by atoms with Crippen molar-refractivity contribution in [2.75, 3.05) is 17.2 Å². The number of H-pyrrole nitrogens is 1. The Kier molecular flexibility index (Phi) is 6.72. The molecule has 3 N–H and O–H groups in total. The number of unbranched alkanes of at least 4 members (excludes halogenated alkanes) is 2. The number of anilines is 2. The monoisotopic (exact) mass is 452 g/mol. The normalized spacial score (nSPS) is 12.9. The van der Waals surface area contributed by atoms with Crippen LogP contribution in [0.5, 0.6) is 0 Å². The highest BCUT2D eigenvalue weighted by atomic mass is 16.3. The topological polar surface area (TPSA) is 114 Å². The zero-order valence-electron chi connectivity index (χ0n) is 19.4. The summed E-state index contributed by atoms with van der Waals surface area (Å²) in [7, 11) is 0. The second kappa shape index (κ2) is 9.68. The van der Waals surface area contributed by atoms with Gasteiger partial charge in [-0.3, -0.25) is 19.1 Å². The molecule has 1 amide bonds. The number of rotatable bonds is 9. The number of carbonyl (C=O) groups is 1. The molecular formula is C25H32N4O4. The third-order valence-electron chi connectivity index (χ3n) is 6.47. The van der Waals surface area contributed by atoms with Crippen molar-refractivity contribution in [3.63, 3.8) is 0 Å². The van der Waals surface area contributed by atoms with E-state index in [1.807, 2.05) is 13.8 Å². The minimum atomic E-state index is -0.635. The molecule has 4 rings (SSSR count). The Hall–Kier alpha value is -3.29. The second-order valence-corrected chi connectivity index (χ2v) is 8.81. The summed E-state index contributed by atoms with van der Waals surface area (Å²) in [5.74, 6) is -0.207. The molecule has 1 aliphatic carbocycles. The molecule has 0 bridgehead atoms. The molecule has 1 aromatic carbocycles. The fraction of sp³-hybridized carbons (Fsp3) is 0.480. The number of aromatic amines is 1. The molecule has 33 heavy (non-hydrogen) atoms. The van der Waals surface area contributed by atoms with E-state index in [0.717, 1.165) is 55.1 Å². The van der Waals surface area contributed by atoms with Crippen molar-refractivity contribution < 1.29 is 9.21 Å². The number of nitrogen functional groups attached to an aromatic ring is 1. The Bertz CT molecular complexity index is 1280. The van der Waals surface area contributed by atoms with Crippen LogP contribution in [0.25, 0.3) is 11.0 Å². The third-order valence-corrected chi connectivity index (χ3v) is 6.47. The van der Waals surface area contributed by atoms with Gasteiger partial charge < -0.3 is 15.1 Å². The summed E-state index contributed by atoms with van der Waals surface area (Å²) in [5, 5.41) is 0.939. The number of aromatic nitrogens is 2. The van der Waals surface area contributed by atoms with Crippen LogP contribution in [0.2, 0.25) is 0 Å². The number of nitrogens with zero attached hydrogens (tertiary/aromatic N) is 2. The number of carbonyl (C=O) groups excluding carboxylic acids is 1. The molecule has 2 aromatic heterocycles. The second-order valence-electron chi connectivity index (χ2n) is 8.81. The van der Waals surface area contributed by atoms with Gasteiger partial charge in [0.1, 0.15) is 11.4 Å². The quantitative estimate of drug-likeness (QED) is 0.515. The van der Waals surface area contributed by atoms with Crippen LogP contribution < -0.4 is 21.9 Å². The van der Waals surface area contributed by atoms with Crippen molar-refractivity contribution in [1.29, 1.82) is 0 Å². The summed E-state index contributed by atoms with van der Waals surface area (Å²) in [6.45, 7) is 4.76. The molecule has 1 aliphatic rings. The van der Waals surface area contributed by atoms with Gasteiger partial charge in [0.25, 0.3) is 5.56 Å². The number of benzene rings is 1. The van der Waals surface area contributed by atoms with E-state index in [1.54, 1.807) is 6.26 Å². The fourth-order valence-electron chi connectivity index (χ4n) is 4.60. The van der Waals surface area contributed by atoms with Crippen LogP contribution in [0.15, 0.2) is 32.4 Å². The summed E-state index contributed by atoms with van der Waals surface area (Å²) in [6.07, 6.45) is 8.11. The van der Waals surface area contributed by atoms with Gasteiger partial charge in [-0.2, -0.15) is 0 Å². The van der Waals surface area contributed by atoms with Crippen LogP contribution in [-0.2, 0) is 30.6 Å². The first-order valence-electron chi connectivity index (χ1n) is 11.9. The SMILES string of the molecule is CCCCN(C(=O)Cc1coc2cc3c(cc12)CCC3)c1c(N)n(CCCC)c(=O)[nH]c1=O. The Balaban J connectivity index is 1.70. The van der Waals surface area contributed by atoms with Gasteiger partial charge in [-0.15, -0.1) is 0 Å². The Morgan fingerprint density at radius 2 is 1.88 bits per heavy atom. The van der Waals surface area contributed by atoms with E-state index in [4.69, 9.17) is 10.2 Å². The zero-order valence-corrected chi connectivity index (χ0v) is 19.4. The van der Waals surface area contributed by atoms with Gasteiger partial charge in [0.15, 0.2) is 5.69 Å². The molecule has 0 radical (unpaired) electrons. The van der Waals surface area contributed by atoms with Crippen molar-refractivity contribution in [1.82, 2.24) is 9.55 Å². The molecule has 0 atom stereocenters. The average molecular weight is 453 g/mol. The highest BCUT2D eigenvalue weighted by Crippen LogP contribution is 2.31. The van der Waals surface area contributed by atoms with Crippen molar-refractivity contribution in [3.05, 3.63) is 55.9 Å². The van der Waals surface area contributed by atoms with Crippen LogP contribution in [0.4, 0.5) is 11.5 Å². The van der Waals surface area contributed by atoms with Crippen molar-refractivity contribution in [2.24, 2.45) is 0 Å². The number of aryl methyl sites for hydroxylation is 2. The number of nitrogens with one attached hydrogen (secondary N) is 1. The highest BCUT2D eigenvalue weighted by molar-refractivity contribution is 5.99. The summed E-state index contributed by atoms with van der Waals surface area (Å²) >= 11 is 0. The number of hydrogen-bond acceptors (Lipinski definition) is 5. The van der Waals surface area contributed by atoms with Crippen LogP contribution in [-0.4, -0.2) is 22.0 Å². The maximum atomic E-state index is 13.5. The molecule has 0 saturated heterocycles. The number of hydrogen-bond donors (Lipinski definition) is 2. The van der Waals surface area contributed by atoms with Crippen molar-refractivity contribution in [2.45, 2.75) is 71.8 Å². The largest absolute Gasteiger partial charge is 0.464 e. The van der Waals surface area contributed by atoms with E-state index in [1.165, 1.54) is 20.6 Å². The lowest BCUT2D eigenvalue weighted by molar-refractivity contribution is -0.118. The van der Waals surface area contributed by atoms with Crippen molar-refractivity contribution in [3.8, 4) is 0 Å². The lowest BCUT2D eigenvalue weighted by atomic mass is 10.0. The number of nitrogens with two attached hydrogens (primary N) is 1. The van der Waals surface area contributed by atoms with Gasteiger partial charge in [0.05, 0.1) is 12.7 Å². The van der Waals surface area contributed by atoms with Gasteiger partial charge in [-0.25, -0.2) is 4.79 Å². The molecule has 0 spiro atoms. The third kappa shape index (κ3) is 4.47. The number of amides is 1. The standard InChI is InChI=1S/C25H32N4O4/c1-3-5-10-28(22-23(26)29(11-6-4-2)25(32)27-24(22)31)21(30)14-18-15-33-20-13-17-9-7-8-16(17)12-19(18)20/h12-13,15H,3-11,14,26H2,1-2H3,(H,27,31,32). The average Bonchev–Trinajstić information content (AvgIpc) is 3.40. The summed E-state index contributed by atoms with van der Waals surface area (Å²) in [6, 6.07) is 4.21. The lowest BCUT2D eigenvalue weighted by Gasteiger charge is -2.24. The van der Waals surface area contributed by atoms with E-state index < -0.39 is 11.2 Å². The van der Waals surface area contributed by atoms with Crippen LogP contribution in [0.3, 0.4) is 0 Å². The minimum absolute atomic E-state index is 0.0384. The van der Waals surface area contributed by atoms with Crippen LogP contribution in [0.1, 0.15) is 62.6 Å². The first-order chi connectivity index (χ1) is 15.9. The smallest absolute Gasteiger partial charge is 0.330 e. The van der Waals surface area contributed by atoms with E-state index in [0.29, 0.717) is 19.5 Å².